The minimum Gasteiger partial charge on any atom is -0.371 e. The fourth-order valence-corrected chi connectivity index (χ4v) is 4.40. The molecular formula is C27H27N5O. The molecule has 6 nitrogen and oxygen atoms in total. The zero-order chi connectivity index (χ0) is 22.6. The molecule has 1 amide bonds. The average molecular weight is 438 g/mol. The number of benzene rings is 2. The molecule has 0 aliphatic carbocycles. The second-order valence-corrected chi connectivity index (χ2v) is 8.40. The van der Waals surface area contributed by atoms with E-state index < -0.39 is 0 Å². The lowest BCUT2D eigenvalue weighted by Crippen LogP contribution is -2.28. The van der Waals surface area contributed by atoms with Gasteiger partial charge in [0.25, 0.3) is 5.91 Å². The van der Waals surface area contributed by atoms with Gasteiger partial charge in [-0.05, 0) is 48.7 Å². The van der Waals surface area contributed by atoms with Crippen LogP contribution in [0, 0.1) is 0 Å². The van der Waals surface area contributed by atoms with Gasteiger partial charge in [-0.25, -0.2) is 4.68 Å². The van der Waals surface area contributed by atoms with Crippen molar-refractivity contribution in [2.75, 3.05) is 25.0 Å². The Hall–Kier alpha value is -3.93. The summed E-state index contributed by atoms with van der Waals surface area (Å²) in [6.07, 6.45) is 7.73. The number of para-hydroxylation sites is 2. The van der Waals surface area contributed by atoms with Gasteiger partial charge in [0.05, 0.1) is 11.3 Å². The van der Waals surface area contributed by atoms with E-state index in [2.05, 4.69) is 28.1 Å². The number of carbonyl (C=O) groups is 1. The molecule has 3 heterocycles. The van der Waals surface area contributed by atoms with Crippen LogP contribution in [-0.2, 0) is 6.54 Å². The van der Waals surface area contributed by atoms with Crippen molar-refractivity contribution in [2.45, 2.75) is 19.4 Å². The smallest absolute Gasteiger partial charge is 0.257 e. The summed E-state index contributed by atoms with van der Waals surface area (Å²) in [5, 5.41) is 4.76. The van der Waals surface area contributed by atoms with Crippen molar-refractivity contribution >= 4 is 11.6 Å². The van der Waals surface area contributed by atoms with Crippen LogP contribution in [0.1, 0.15) is 28.8 Å². The number of hydrogen-bond donors (Lipinski definition) is 0. The highest BCUT2D eigenvalue weighted by molar-refractivity contribution is 5.99. The van der Waals surface area contributed by atoms with Gasteiger partial charge in [-0.3, -0.25) is 9.78 Å². The number of aromatic nitrogens is 3. The van der Waals surface area contributed by atoms with Crippen LogP contribution in [0.25, 0.3) is 16.9 Å². The maximum Gasteiger partial charge on any atom is 0.257 e. The van der Waals surface area contributed by atoms with Gasteiger partial charge in [-0.15, -0.1) is 0 Å². The van der Waals surface area contributed by atoms with Gasteiger partial charge in [0.1, 0.15) is 5.69 Å². The Kier molecular flexibility index (Phi) is 5.89. The Morgan fingerprint density at radius 1 is 0.970 bits per heavy atom. The van der Waals surface area contributed by atoms with E-state index >= 15 is 0 Å². The Labute approximate surface area is 194 Å². The highest BCUT2D eigenvalue weighted by Crippen LogP contribution is 2.28. The fraction of sp³-hybridized carbons (Fsp3) is 0.222. The van der Waals surface area contributed by atoms with Gasteiger partial charge in [0.15, 0.2) is 0 Å². The Morgan fingerprint density at radius 2 is 1.73 bits per heavy atom. The van der Waals surface area contributed by atoms with Crippen molar-refractivity contribution in [2.24, 2.45) is 0 Å². The lowest BCUT2D eigenvalue weighted by Gasteiger charge is -2.24. The van der Waals surface area contributed by atoms with Crippen LogP contribution in [0.3, 0.4) is 0 Å². The fourth-order valence-electron chi connectivity index (χ4n) is 4.40. The standard InChI is InChI=1S/C27H27N5O/c1-30(19-22-10-5-6-14-25(22)31-16-7-8-17-31)27(33)24-20-32(23-12-3-2-4-13-23)29-26(24)21-11-9-15-28-18-21/h2-6,9-15,18,20H,7-8,16-17,19H2,1H3. The van der Waals surface area contributed by atoms with E-state index in [1.54, 1.807) is 22.0 Å². The lowest BCUT2D eigenvalue weighted by molar-refractivity contribution is 0.0786. The van der Waals surface area contributed by atoms with Crippen LogP contribution in [0.2, 0.25) is 0 Å². The second kappa shape index (κ2) is 9.28. The summed E-state index contributed by atoms with van der Waals surface area (Å²) >= 11 is 0. The predicted molar refractivity (Wildman–Crippen MR) is 130 cm³/mol. The molecule has 1 fully saturated rings. The maximum absolute atomic E-state index is 13.7. The molecule has 33 heavy (non-hydrogen) atoms. The first kappa shape index (κ1) is 20.9. The molecule has 166 valence electrons. The largest absolute Gasteiger partial charge is 0.371 e. The van der Waals surface area contributed by atoms with Crippen LogP contribution in [0.4, 0.5) is 5.69 Å². The van der Waals surface area contributed by atoms with Gasteiger partial charge in [0.2, 0.25) is 0 Å². The molecule has 1 aliphatic heterocycles. The molecule has 0 radical (unpaired) electrons. The summed E-state index contributed by atoms with van der Waals surface area (Å²) in [5.41, 5.74) is 5.31. The Balaban J connectivity index is 1.47. The molecule has 1 aliphatic rings. The first-order chi connectivity index (χ1) is 16.2. The van der Waals surface area contributed by atoms with Crippen LogP contribution in [0.5, 0.6) is 0 Å². The van der Waals surface area contributed by atoms with Gasteiger partial charge >= 0.3 is 0 Å². The molecule has 5 rings (SSSR count). The monoisotopic (exact) mass is 437 g/mol. The third kappa shape index (κ3) is 4.37. The van der Waals surface area contributed by atoms with Crippen molar-refractivity contribution < 1.29 is 4.79 Å². The molecule has 2 aromatic heterocycles. The number of rotatable bonds is 6. The van der Waals surface area contributed by atoms with E-state index in [4.69, 9.17) is 5.10 Å². The number of anilines is 1. The SMILES string of the molecule is CN(Cc1ccccc1N1CCCC1)C(=O)c1cn(-c2ccccc2)nc1-c1cccnc1. The van der Waals surface area contributed by atoms with E-state index in [9.17, 15) is 4.79 Å². The van der Waals surface area contributed by atoms with E-state index in [1.807, 2.05) is 61.8 Å². The number of nitrogens with zero attached hydrogens (tertiary/aromatic N) is 5. The van der Waals surface area contributed by atoms with E-state index in [-0.39, 0.29) is 5.91 Å². The number of amides is 1. The van der Waals surface area contributed by atoms with Crippen molar-refractivity contribution in [3.63, 3.8) is 0 Å². The molecule has 0 spiro atoms. The van der Waals surface area contributed by atoms with Crippen LogP contribution in [-0.4, -0.2) is 45.7 Å². The summed E-state index contributed by atoms with van der Waals surface area (Å²) in [5.74, 6) is -0.0627. The average Bonchev–Trinajstić information content (AvgIpc) is 3.56. The van der Waals surface area contributed by atoms with Gasteiger partial charge in [-0.2, -0.15) is 5.10 Å². The van der Waals surface area contributed by atoms with Gasteiger partial charge < -0.3 is 9.80 Å². The zero-order valence-corrected chi connectivity index (χ0v) is 18.8. The first-order valence-corrected chi connectivity index (χ1v) is 11.3. The normalized spacial score (nSPS) is 13.3. The summed E-state index contributed by atoms with van der Waals surface area (Å²) in [6.45, 7) is 2.68. The molecule has 1 saturated heterocycles. The van der Waals surface area contributed by atoms with E-state index in [1.165, 1.54) is 18.5 Å². The third-order valence-electron chi connectivity index (χ3n) is 6.09. The third-order valence-corrected chi connectivity index (χ3v) is 6.09. The number of carbonyl (C=O) groups excluding carboxylic acids is 1. The summed E-state index contributed by atoms with van der Waals surface area (Å²) in [7, 11) is 1.86. The molecule has 2 aromatic carbocycles. The first-order valence-electron chi connectivity index (χ1n) is 11.3. The number of pyridine rings is 1. The molecule has 0 saturated carbocycles. The topological polar surface area (TPSA) is 54.3 Å². The lowest BCUT2D eigenvalue weighted by atomic mass is 10.1. The Morgan fingerprint density at radius 3 is 2.48 bits per heavy atom. The van der Waals surface area contributed by atoms with E-state index in [0.29, 0.717) is 17.8 Å². The van der Waals surface area contributed by atoms with Crippen LogP contribution in [0.15, 0.2) is 85.3 Å². The van der Waals surface area contributed by atoms with Crippen molar-refractivity contribution in [3.05, 3.63) is 96.4 Å². The van der Waals surface area contributed by atoms with Crippen molar-refractivity contribution in [1.82, 2.24) is 19.7 Å². The van der Waals surface area contributed by atoms with E-state index in [0.717, 1.165) is 29.9 Å². The molecule has 4 aromatic rings. The number of hydrogen-bond acceptors (Lipinski definition) is 4. The van der Waals surface area contributed by atoms with Crippen molar-refractivity contribution in [3.8, 4) is 16.9 Å². The zero-order valence-electron chi connectivity index (χ0n) is 18.8. The molecular weight excluding hydrogens is 410 g/mol. The molecule has 0 atom stereocenters. The second-order valence-electron chi connectivity index (χ2n) is 8.40. The quantitative estimate of drug-likeness (QED) is 0.435. The van der Waals surface area contributed by atoms with Gasteiger partial charge in [0, 0.05) is 56.5 Å². The van der Waals surface area contributed by atoms with Crippen LogP contribution < -0.4 is 4.90 Å². The highest BCUT2D eigenvalue weighted by atomic mass is 16.2. The van der Waals surface area contributed by atoms with Crippen LogP contribution >= 0.6 is 0 Å². The molecule has 0 N–H and O–H groups in total. The Bertz CT molecular complexity index is 1230. The van der Waals surface area contributed by atoms with Gasteiger partial charge in [-0.1, -0.05) is 36.4 Å². The predicted octanol–water partition coefficient (Wildman–Crippen LogP) is 4.81. The summed E-state index contributed by atoms with van der Waals surface area (Å²) < 4.78 is 1.77. The summed E-state index contributed by atoms with van der Waals surface area (Å²) in [4.78, 5) is 22.1. The molecule has 0 bridgehead atoms. The minimum absolute atomic E-state index is 0.0627. The molecule has 6 heteroatoms. The minimum atomic E-state index is -0.0627. The van der Waals surface area contributed by atoms with Crippen molar-refractivity contribution in [1.29, 1.82) is 0 Å². The summed E-state index contributed by atoms with van der Waals surface area (Å²) in [6, 6.07) is 22.0. The maximum atomic E-state index is 13.7. The molecule has 0 unspecified atom stereocenters. The highest BCUT2D eigenvalue weighted by Gasteiger charge is 2.23.